The SMILES string of the molecule is CC(Br)C=O.COC(C)OC. The number of rotatable bonds is 3. The highest BCUT2D eigenvalue weighted by Gasteiger charge is 1.87. The van der Waals surface area contributed by atoms with Gasteiger partial charge in [-0.25, -0.2) is 0 Å². The summed E-state index contributed by atoms with van der Waals surface area (Å²) >= 11 is 3.01. The van der Waals surface area contributed by atoms with Crippen LogP contribution in [0.25, 0.3) is 0 Å². The molecule has 0 rings (SSSR count). The lowest BCUT2D eigenvalue weighted by atomic mass is 10.6. The molecule has 3 nitrogen and oxygen atoms in total. The van der Waals surface area contributed by atoms with Crippen LogP contribution >= 0.6 is 15.9 Å². The molecule has 0 saturated heterocycles. The first-order valence-corrected chi connectivity index (χ1v) is 4.15. The van der Waals surface area contributed by atoms with Crippen molar-refractivity contribution in [2.75, 3.05) is 14.2 Å². The van der Waals surface area contributed by atoms with Crippen molar-refractivity contribution in [3.63, 3.8) is 0 Å². The number of halogens is 1. The summed E-state index contributed by atoms with van der Waals surface area (Å²) in [5.41, 5.74) is 0. The second-order valence-electron chi connectivity index (χ2n) is 1.85. The van der Waals surface area contributed by atoms with E-state index in [-0.39, 0.29) is 11.1 Å². The van der Waals surface area contributed by atoms with Crippen LogP contribution < -0.4 is 0 Å². The molecule has 0 aliphatic heterocycles. The van der Waals surface area contributed by atoms with E-state index in [1.54, 1.807) is 21.1 Å². The fourth-order valence-electron chi connectivity index (χ4n) is 0.0962. The topological polar surface area (TPSA) is 35.5 Å². The number of hydrogen-bond acceptors (Lipinski definition) is 3. The van der Waals surface area contributed by atoms with Crippen LogP contribution in [0.2, 0.25) is 0 Å². The lowest BCUT2D eigenvalue weighted by molar-refractivity contribution is -0.107. The van der Waals surface area contributed by atoms with Crippen LogP contribution in [0.15, 0.2) is 0 Å². The number of carbonyl (C=O) groups excluding carboxylic acids is 1. The Morgan fingerprint density at radius 2 is 1.55 bits per heavy atom. The van der Waals surface area contributed by atoms with Crippen LogP contribution in [0.5, 0.6) is 0 Å². The zero-order chi connectivity index (χ0) is 9.28. The number of aldehydes is 1. The summed E-state index contributed by atoms with van der Waals surface area (Å²) in [6, 6.07) is 0. The molecule has 1 atom stereocenters. The Balaban J connectivity index is 0. The van der Waals surface area contributed by atoms with Gasteiger partial charge in [0.05, 0.1) is 4.83 Å². The molecule has 0 aliphatic rings. The maximum Gasteiger partial charge on any atom is 0.154 e. The van der Waals surface area contributed by atoms with Gasteiger partial charge in [0.25, 0.3) is 0 Å². The Labute approximate surface area is 76.2 Å². The van der Waals surface area contributed by atoms with Gasteiger partial charge in [0.2, 0.25) is 0 Å². The minimum Gasteiger partial charge on any atom is -0.356 e. The van der Waals surface area contributed by atoms with Crippen LogP contribution in [0.3, 0.4) is 0 Å². The molecule has 0 amide bonds. The lowest BCUT2D eigenvalue weighted by Crippen LogP contribution is -2.05. The predicted molar refractivity (Wildman–Crippen MR) is 47.9 cm³/mol. The maximum absolute atomic E-state index is 9.46. The molecule has 4 heteroatoms. The lowest BCUT2D eigenvalue weighted by Gasteiger charge is -2.03. The average molecular weight is 227 g/mol. The third kappa shape index (κ3) is 17.8. The van der Waals surface area contributed by atoms with Gasteiger partial charge in [-0.3, -0.25) is 0 Å². The zero-order valence-corrected chi connectivity index (χ0v) is 8.92. The van der Waals surface area contributed by atoms with Crippen LogP contribution in [0.1, 0.15) is 13.8 Å². The zero-order valence-electron chi connectivity index (χ0n) is 7.33. The van der Waals surface area contributed by atoms with Gasteiger partial charge in [0.15, 0.2) is 6.29 Å². The van der Waals surface area contributed by atoms with Crippen LogP contribution in [-0.4, -0.2) is 31.6 Å². The molecule has 1 unspecified atom stereocenters. The highest BCUT2D eigenvalue weighted by molar-refractivity contribution is 9.09. The van der Waals surface area contributed by atoms with Crippen molar-refractivity contribution in [2.24, 2.45) is 0 Å². The van der Waals surface area contributed by atoms with Crippen molar-refractivity contribution in [1.29, 1.82) is 0 Å². The molecule has 11 heavy (non-hydrogen) atoms. The van der Waals surface area contributed by atoms with Crippen molar-refractivity contribution in [2.45, 2.75) is 25.0 Å². The molecule has 0 heterocycles. The molecule has 0 saturated carbocycles. The van der Waals surface area contributed by atoms with Crippen molar-refractivity contribution in [3.05, 3.63) is 0 Å². The third-order valence-corrected chi connectivity index (χ3v) is 1.07. The van der Waals surface area contributed by atoms with E-state index in [2.05, 4.69) is 25.4 Å². The maximum atomic E-state index is 9.46. The fourth-order valence-corrected chi connectivity index (χ4v) is 0.0962. The fraction of sp³-hybridized carbons (Fsp3) is 0.857. The summed E-state index contributed by atoms with van der Waals surface area (Å²) in [5.74, 6) is 0. The Kier molecular flexibility index (Phi) is 12.5. The molecule has 0 aliphatic carbocycles. The van der Waals surface area contributed by atoms with Gasteiger partial charge >= 0.3 is 0 Å². The molecule has 0 spiro atoms. The Bertz CT molecular complexity index is 81.8. The molecule has 0 aromatic rings. The molecule has 0 aromatic heterocycles. The minimum absolute atomic E-state index is 0.0162. The van der Waals surface area contributed by atoms with Gasteiger partial charge in [-0.1, -0.05) is 15.9 Å². The summed E-state index contributed by atoms with van der Waals surface area (Å²) in [6.45, 7) is 3.60. The van der Waals surface area contributed by atoms with Crippen molar-refractivity contribution in [1.82, 2.24) is 0 Å². The van der Waals surface area contributed by atoms with Gasteiger partial charge in [-0.05, 0) is 13.8 Å². The van der Waals surface area contributed by atoms with E-state index in [1.165, 1.54) is 0 Å². The average Bonchev–Trinajstić information content (AvgIpc) is 2.04. The molecule has 68 valence electrons. The summed E-state index contributed by atoms with van der Waals surface area (Å²) in [5, 5.41) is 0. The molecular weight excluding hydrogens is 212 g/mol. The summed E-state index contributed by atoms with van der Waals surface area (Å²) in [4.78, 5) is 9.47. The monoisotopic (exact) mass is 226 g/mol. The number of methoxy groups -OCH3 is 2. The van der Waals surface area contributed by atoms with Gasteiger partial charge in [0, 0.05) is 14.2 Å². The van der Waals surface area contributed by atoms with Crippen LogP contribution in [-0.2, 0) is 14.3 Å². The number of alkyl halides is 1. The second kappa shape index (κ2) is 10.1. The van der Waals surface area contributed by atoms with E-state index in [0.717, 1.165) is 6.29 Å². The summed E-state index contributed by atoms with van der Waals surface area (Å²) < 4.78 is 9.35. The minimum atomic E-state index is -0.0648. The molecule has 0 radical (unpaired) electrons. The van der Waals surface area contributed by atoms with E-state index in [9.17, 15) is 4.79 Å². The van der Waals surface area contributed by atoms with Crippen molar-refractivity contribution >= 4 is 22.2 Å². The Hall–Kier alpha value is 0.0700. The highest BCUT2D eigenvalue weighted by Crippen LogP contribution is 1.87. The van der Waals surface area contributed by atoms with E-state index < -0.39 is 0 Å². The summed E-state index contributed by atoms with van der Waals surface area (Å²) in [7, 11) is 3.21. The van der Waals surface area contributed by atoms with E-state index in [4.69, 9.17) is 0 Å². The Morgan fingerprint density at radius 1 is 1.27 bits per heavy atom. The smallest absolute Gasteiger partial charge is 0.154 e. The van der Waals surface area contributed by atoms with Gasteiger partial charge < -0.3 is 14.3 Å². The first-order valence-electron chi connectivity index (χ1n) is 3.23. The van der Waals surface area contributed by atoms with Gasteiger partial charge in [0.1, 0.15) is 6.29 Å². The molecular formula is C7H15BrO3. The standard InChI is InChI=1S/C4H10O2.C3H5BrO/c1-4(5-2)6-3;1-3(4)2-5/h4H,1-3H3;2-3H,1H3. The molecule has 0 aromatic carbocycles. The third-order valence-electron chi connectivity index (χ3n) is 0.851. The number of ether oxygens (including phenoxy) is 2. The molecule has 0 fully saturated rings. The first kappa shape index (κ1) is 13.6. The largest absolute Gasteiger partial charge is 0.356 e. The van der Waals surface area contributed by atoms with Crippen LogP contribution in [0, 0.1) is 0 Å². The predicted octanol–water partition coefficient (Wildman–Crippen LogP) is 1.59. The Morgan fingerprint density at radius 3 is 1.55 bits per heavy atom. The quantitative estimate of drug-likeness (QED) is 0.417. The number of carbonyl (C=O) groups is 1. The van der Waals surface area contributed by atoms with Gasteiger partial charge in [-0.15, -0.1) is 0 Å². The highest BCUT2D eigenvalue weighted by atomic mass is 79.9. The first-order chi connectivity index (χ1) is 5.08. The molecule has 0 N–H and O–H groups in total. The van der Waals surface area contributed by atoms with Gasteiger partial charge in [-0.2, -0.15) is 0 Å². The normalized spacial score (nSPS) is 11.8. The van der Waals surface area contributed by atoms with E-state index >= 15 is 0 Å². The van der Waals surface area contributed by atoms with E-state index in [0.29, 0.717) is 0 Å². The van der Waals surface area contributed by atoms with Crippen LogP contribution in [0.4, 0.5) is 0 Å². The second-order valence-corrected chi connectivity index (χ2v) is 3.30. The summed E-state index contributed by atoms with van der Waals surface area (Å²) in [6.07, 6.45) is 0.769. The molecule has 0 bridgehead atoms. The number of hydrogen-bond donors (Lipinski definition) is 0. The van der Waals surface area contributed by atoms with Crippen molar-refractivity contribution < 1.29 is 14.3 Å². The van der Waals surface area contributed by atoms with E-state index in [1.807, 2.05) is 6.92 Å². The van der Waals surface area contributed by atoms with Crippen molar-refractivity contribution in [3.8, 4) is 0 Å².